The Morgan fingerprint density at radius 1 is 1.06 bits per heavy atom. The lowest BCUT2D eigenvalue weighted by atomic mass is 10.1. The van der Waals surface area contributed by atoms with E-state index in [4.69, 9.17) is 17.3 Å². The first kappa shape index (κ1) is 24.6. The van der Waals surface area contributed by atoms with E-state index in [2.05, 4.69) is 10.0 Å². The van der Waals surface area contributed by atoms with E-state index in [1.165, 1.54) is 18.2 Å². The number of aryl methyl sites for hydroxylation is 1. The third-order valence-corrected chi connectivity index (χ3v) is 6.43. The highest BCUT2D eigenvalue weighted by atomic mass is 35.5. The average Bonchev–Trinajstić information content (AvgIpc) is 2.73. The lowest BCUT2D eigenvalue weighted by molar-refractivity contribution is -0.137. The maximum Gasteiger partial charge on any atom is 0.416 e. The predicted octanol–water partition coefficient (Wildman–Crippen LogP) is 5.18. The van der Waals surface area contributed by atoms with Crippen molar-refractivity contribution in [2.24, 2.45) is 5.73 Å². The SMILES string of the molecule is Cc1cccc(Cl)c1C(=O)Nc1ccc(CN)c(NS(=O)(=O)c2cccc(C(F)(F)F)c2)c1. The number of nitrogens with two attached hydrogens (primary N) is 1. The Morgan fingerprint density at radius 3 is 2.39 bits per heavy atom. The Morgan fingerprint density at radius 2 is 1.76 bits per heavy atom. The van der Waals surface area contributed by atoms with Gasteiger partial charge in [0.25, 0.3) is 15.9 Å². The molecule has 0 bridgehead atoms. The molecule has 0 fully saturated rings. The van der Waals surface area contributed by atoms with Gasteiger partial charge in [-0.05, 0) is 54.4 Å². The normalized spacial score (nSPS) is 11.8. The molecule has 0 radical (unpaired) electrons. The van der Waals surface area contributed by atoms with Gasteiger partial charge in [0, 0.05) is 12.2 Å². The van der Waals surface area contributed by atoms with Crippen LogP contribution >= 0.6 is 11.6 Å². The maximum absolute atomic E-state index is 13.0. The first-order chi connectivity index (χ1) is 15.4. The van der Waals surface area contributed by atoms with Gasteiger partial charge < -0.3 is 11.1 Å². The van der Waals surface area contributed by atoms with Crippen LogP contribution in [0.1, 0.15) is 27.0 Å². The molecule has 0 aliphatic rings. The van der Waals surface area contributed by atoms with Gasteiger partial charge in [-0.2, -0.15) is 13.2 Å². The van der Waals surface area contributed by atoms with Crippen LogP contribution in [-0.4, -0.2) is 14.3 Å². The summed E-state index contributed by atoms with van der Waals surface area (Å²) in [5.41, 5.74) is 6.11. The second kappa shape index (κ2) is 9.42. The summed E-state index contributed by atoms with van der Waals surface area (Å²) in [6.45, 7) is 1.66. The van der Waals surface area contributed by atoms with E-state index in [1.54, 1.807) is 25.1 Å². The van der Waals surface area contributed by atoms with Crippen LogP contribution in [0, 0.1) is 6.92 Å². The van der Waals surface area contributed by atoms with Gasteiger partial charge >= 0.3 is 6.18 Å². The van der Waals surface area contributed by atoms with E-state index in [9.17, 15) is 26.4 Å². The number of sulfonamides is 1. The Kier molecular flexibility index (Phi) is 7.01. The number of anilines is 2. The van der Waals surface area contributed by atoms with E-state index in [1.807, 2.05) is 0 Å². The minimum Gasteiger partial charge on any atom is -0.326 e. The molecule has 0 saturated carbocycles. The lowest BCUT2D eigenvalue weighted by Crippen LogP contribution is -2.18. The van der Waals surface area contributed by atoms with Gasteiger partial charge in [-0.25, -0.2) is 8.42 Å². The lowest BCUT2D eigenvalue weighted by Gasteiger charge is -2.15. The number of hydrogen-bond donors (Lipinski definition) is 3. The molecule has 11 heteroatoms. The van der Waals surface area contributed by atoms with Gasteiger partial charge in [0.1, 0.15) is 0 Å². The molecule has 33 heavy (non-hydrogen) atoms. The average molecular weight is 498 g/mol. The number of benzene rings is 3. The molecule has 3 aromatic rings. The molecule has 0 aliphatic heterocycles. The van der Waals surface area contributed by atoms with Crippen LogP contribution in [0.2, 0.25) is 5.02 Å². The molecular weight excluding hydrogens is 479 g/mol. The zero-order valence-corrected chi connectivity index (χ0v) is 18.8. The van der Waals surface area contributed by atoms with Crippen molar-refractivity contribution in [3.63, 3.8) is 0 Å². The topological polar surface area (TPSA) is 101 Å². The fraction of sp³-hybridized carbons (Fsp3) is 0.136. The molecule has 0 aliphatic carbocycles. The number of rotatable bonds is 6. The van der Waals surface area contributed by atoms with Gasteiger partial charge in [-0.3, -0.25) is 9.52 Å². The Labute approximate surface area is 193 Å². The number of carbonyl (C=O) groups excluding carboxylic acids is 1. The molecular formula is C22H19ClF3N3O3S. The Hall–Kier alpha value is -3.08. The number of halogens is 4. The molecule has 1 amide bonds. The summed E-state index contributed by atoms with van der Waals surface area (Å²) in [7, 11) is -4.38. The maximum atomic E-state index is 13.0. The second-order valence-electron chi connectivity index (χ2n) is 7.09. The Bertz CT molecular complexity index is 1290. The van der Waals surface area contributed by atoms with E-state index in [0.717, 1.165) is 18.2 Å². The molecule has 0 spiro atoms. The number of alkyl halides is 3. The standard InChI is InChI=1S/C22H19ClF3N3O3S/c1-13-4-2-7-18(23)20(13)21(30)28-16-9-8-14(12-27)19(11-16)29-33(31,32)17-6-3-5-15(10-17)22(24,25)26/h2-11,29H,12,27H2,1H3,(H,28,30). The van der Waals surface area contributed by atoms with Crippen molar-refractivity contribution in [2.45, 2.75) is 24.5 Å². The van der Waals surface area contributed by atoms with Crippen LogP contribution in [0.15, 0.2) is 65.6 Å². The third kappa shape index (κ3) is 5.65. The zero-order valence-electron chi connectivity index (χ0n) is 17.2. The van der Waals surface area contributed by atoms with E-state index < -0.39 is 32.6 Å². The van der Waals surface area contributed by atoms with Crippen molar-refractivity contribution < 1.29 is 26.4 Å². The third-order valence-electron chi connectivity index (χ3n) is 4.75. The van der Waals surface area contributed by atoms with E-state index in [0.29, 0.717) is 17.2 Å². The molecule has 6 nitrogen and oxygen atoms in total. The first-order valence-electron chi connectivity index (χ1n) is 9.52. The van der Waals surface area contributed by atoms with Gasteiger partial charge in [0.15, 0.2) is 0 Å². The quantitative estimate of drug-likeness (QED) is 0.437. The summed E-state index contributed by atoms with van der Waals surface area (Å²) in [4.78, 5) is 12.1. The van der Waals surface area contributed by atoms with E-state index in [-0.39, 0.29) is 28.5 Å². The van der Waals surface area contributed by atoms with Crippen molar-refractivity contribution in [1.29, 1.82) is 0 Å². The minimum absolute atomic E-state index is 0.0172. The molecule has 3 aromatic carbocycles. The number of nitrogens with one attached hydrogen (secondary N) is 2. The van der Waals surface area contributed by atoms with Crippen molar-refractivity contribution >= 4 is 38.9 Å². The number of hydrogen-bond acceptors (Lipinski definition) is 4. The molecule has 0 unspecified atom stereocenters. The molecule has 4 N–H and O–H groups in total. The van der Waals surface area contributed by atoms with Crippen molar-refractivity contribution in [3.8, 4) is 0 Å². The fourth-order valence-corrected chi connectivity index (χ4v) is 4.53. The van der Waals surface area contributed by atoms with Crippen LogP contribution in [0.4, 0.5) is 24.5 Å². The van der Waals surface area contributed by atoms with Crippen molar-refractivity contribution in [1.82, 2.24) is 0 Å². The van der Waals surface area contributed by atoms with Gasteiger partial charge in [0.05, 0.1) is 26.7 Å². The summed E-state index contributed by atoms with van der Waals surface area (Å²) in [5, 5.41) is 2.89. The largest absolute Gasteiger partial charge is 0.416 e. The summed E-state index contributed by atoms with van der Waals surface area (Å²) >= 11 is 6.12. The van der Waals surface area contributed by atoms with Crippen LogP contribution in [0.25, 0.3) is 0 Å². The van der Waals surface area contributed by atoms with Crippen LogP contribution in [0.3, 0.4) is 0 Å². The number of carbonyl (C=O) groups is 1. The second-order valence-corrected chi connectivity index (χ2v) is 9.18. The highest BCUT2D eigenvalue weighted by molar-refractivity contribution is 7.92. The summed E-state index contributed by atoms with van der Waals surface area (Å²) in [5.74, 6) is -0.509. The smallest absolute Gasteiger partial charge is 0.326 e. The summed E-state index contributed by atoms with van der Waals surface area (Å²) in [6, 6.07) is 12.7. The minimum atomic E-state index is -4.70. The molecule has 0 saturated heterocycles. The molecule has 0 aromatic heterocycles. The molecule has 0 atom stereocenters. The van der Waals surface area contributed by atoms with Gasteiger partial charge in [-0.15, -0.1) is 0 Å². The van der Waals surface area contributed by atoms with Crippen LogP contribution in [-0.2, 0) is 22.7 Å². The summed E-state index contributed by atoms with van der Waals surface area (Å²) < 4.78 is 66.8. The van der Waals surface area contributed by atoms with Crippen LogP contribution < -0.4 is 15.8 Å². The predicted molar refractivity (Wildman–Crippen MR) is 121 cm³/mol. The Balaban J connectivity index is 1.92. The fourth-order valence-electron chi connectivity index (χ4n) is 3.08. The molecule has 174 valence electrons. The first-order valence-corrected chi connectivity index (χ1v) is 11.4. The molecule has 0 heterocycles. The van der Waals surface area contributed by atoms with E-state index >= 15 is 0 Å². The van der Waals surface area contributed by atoms with Gasteiger partial charge in [0.2, 0.25) is 0 Å². The highest BCUT2D eigenvalue weighted by Crippen LogP contribution is 2.31. The zero-order chi connectivity index (χ0) is 24.4. The summed E-state index contributed by atoms with van der Waals surface area (Å²) in [6.07, 6.45) is -4.70. The van der Waals surface area contributed by atoms with Crippen LogP contribution in [0.5, 0.6) is 0 Å². The van der Waals surface area contributed by atoms with Gasteiger partial charge in [-0.1, -0.05) is 35.9 Å². The highest BCUT2D eigenvalue weighted by Gasteiger charge is 2.31. The molecule has 3 rings (SSSR count). The van der Waals surface area contributed by atoms with Crippen molar-refractivity contribution in [3.05, 3.63) is 87.9 Å². The number of amides is 1. The van der Waals surface area contributed by atoms with Crippen molar-refractivity contribution in [2.75, 3.05) is 10.0 Å². The monoisotopic (exact) mass is 497 g/mol.